The van der Waals surface area contributed by atoms with Crippen LogP contribution in [0.5, 0.6) is 0 Å². The maximum atomic E-state index is 12.0. The van der Waals surface area contributed by atoms with Crippen LogP contribution < -0.4 is 0 Å². The lowest BCUT2D eigenvalue weighted by atomic mass is 10.1. The number of hydrogen-bond acceptors (Lipinski definition) is 3. The fourth-order valence-corrected chi connectivity index (χ4v) is 4.15. The molecule has 1 aliphatic rings. The summed E-state index contributed by atoms with van der Waals surface area (Å²) >= 11 is 0. The van der Waals surface area contributed by atoms with E-state index in [1.54, 1.807) is 6.92 Å². The minimum atomic E-state index is -3.13. The zero-order valence-electron chi connectivity index (χ0n) is 9.90. The van der Waals surface area contributed by atoms with Gasteiger partial charge in [0.05, 0.1) is 17.4 Å². The Labute approximate surface area is 97.0 Å². The van der Waals surface area contributed by atoms with Crippen molar-refractivity contribution in [3.63, 3.8) is 0 Å². The van der Waals surface area contributed by atoms with Crippen LogP contribution in [0, 0.1) is 5.41 Å². The lowest BCUT2D eigenvalue weighted by Crippen LogP contribution is -2.27. The third-order valence-corrected chi connectivity index (χ3v) is 5.78. The Balaban J connectivity index is 2.62. The summed E-state index contributed by atoms with van der Waals surface area (Å²) in [6, 6.07) is 0. The number of carbonyl (C=O) groups is 1. The van der Waals surface area contributed by atoms with E-state index >= 15 is 0 Å². The van der Waals surface area contributed by atoms with Gasteiger partial charge in [0, 0.05) is 0 Å². The second-order valence-electron chi connectivity index (χ2n) is 4.98. The Morgan fingerprint density at radius 3 is 2.38 bits per heavy atom. The van der Waals surface area contributed by atoms with E-state index in [1.807, 2.05) is 6.92 Å². The summed E-state index contributed by atoms with van der Waals surface area (Å²) in [6.45, 7) is 3.67. The van der Waals surface area contributed by atoms with Crippen molar-refractivity contribution in [3.8, 4) is 0 Å². The summed E-state index contributed by atoms with van der Waals surface area (Å²) in [4.78, 5) is 10.6. The van der Waals surface area contributed by atoms with Crippen molar-refractivity contribution in [2.75, 3.05) is 5.75 Å². The molecule has 1 saturated carbocycles. The molecule has 0 spiro atoms. The van der Waals surface area contributed by atoms with E-state index in [-0.39, 0.29) is 17.4 Å². The molecule has 1 fully saturated rings. The van der Waals surface area contributed by atoms with Gasteiger partial charge in [-0.25, -0.2) is 8.42 Å². The second kappa shape index (κ2) is 4.73. The molecule has 0 heterocycles. The molecule has 1 unspecified atom stereocenters. The highest BCUT2D eigenvalue weighted by atomic mass is 32.2. The van der Waals surface area contributed by atoms with E-state index in [0.29, 0.717) is 6.42 Å². The average molecular weight is 248 g/mol. The van der Waals surface area contributed by atoms with E-state index in [0.717, 1.165) is 19.3 Å². The van der Waals surface area contributed by atoms with Gasteiger partial charge in [-0.05, 0) is 31.6 Å². The first-order valence-electron chi connectivity index (χ1n) is 5.75. The van der Waals surface area contributed by atoms with Crippen LogP contribution in [0.2, 0.25) is 0 Å². The molecule has 5 heteroatoms. The second-order valence-corrected chi connectivity index (χ2v) is 7.40. The largest absolute Gasteiger partial charge is 0.481 e. The number of hydrogen-bond donors (Lipinski definition) is 1. The summed E-state index contributed by atoms with van der Waals surface area (Å²) in [5.41, 5.74) is -0.452. The minimum Gasteiger partial charge on any atom is -0.481 e. The van der Waals surface area contributed by atoms with Crippen LogP contribution in [0.15, 0.2) is 0 Å². The van der Waals surface area contributed by atoms with E-state index in [1.165, 1.54) is 0 Å². The minimum absolute atomic E-state index is 0.00885. The fraction of sp³-hybridized carbons (Fsp3) is 0.909. The Kier molecular flexibility index (Phi) is 3.99. The molecule has 0 aliphatic heterocycles. The molecule has 0 aromatic rings. The monoisotopic (exact) mass is 248 g/mol. The van der Waals surface area contributed by atoms with Crippen LogP contribution in [0.3, 0.4) is 0 Å². The Hall–Kier alpha value is -0.580. The molecule has 1 N–H and O–H groups in total. The molecule has 0 saturated heterocycles. The molecule has 1 rings (SSSR count). The van der Waals surface area contributed by atoms with Gasteiger partial charge in [0.2, 0.25) is 0 Å². The van der Waals surface area contributed by atoms with E-state index in [9.17, 15) is 13.2 Å². The van der Waals surface area contributed by atoms with E-state index < -0.39 is 21.2 Å². The van der Waals surface area contributed by atoms with Crippen LogP contribution >= 0.6 is 0 Å². The molecule has 16 heavy (non-hydrogen) atoms. The van der Waals surface area contributed by atoms with Crippen molar-refractivity contribution in [2.24, 2.45) is 5.41 Å². The molecular formula is C11H20O4S. The van der Waals surface area contributed by atoms with Gasteiger partial charge in [0.25, 0.3) is 0 Å². The van der Waals surface area contributed by atoms with Gasteiger partial charge >= 0.3 is 5.97 Å². The third-order valence-electron chi connectivity index (χ3n) is 3.30. The zero-order valence-corrected chi connectivity index (χ0v) is 10.7. The maximum Gasteiger partial charge on any atom is 0.303 e. The number of sulfone groups is 1. The number of carboxylic acid groups (broad SMARTS) is 1. The van der Waals surface area contributed by atoms with Crippen LogP contribution in [0.25, 0.3) is 0 Å². The molecule has 1 atom stereocenters. The average Bonchev–Trinajstić information content (AvgIpc) is 2.82. The van der Waals surface area contributed by atoms with Crippen molar-refractivity contribution in [1.82, 2.24) is 0 Å². The van der Waals surface area contributed by atoms with E-state index in [2.05, 4.69) is 0 Å². The molecule has 0 aromatic carbocycles. The molecule has 0 amide bonds. The predicted molar refractivity (Wildman–Crippen MR) is 62.1 cm³/mol. The van der Waals surface area contributed by atoms with Crippen LogP contribution in [0.4, 0.5) is 0 Å². The van der Waals surface area contributed by atoms with Gasteiger partial charge in [-0.3, -0.25) is 4.79 Å². The van der Waals surface area contributed by atoms with Gasteiger partial charge < -0.3 is 5.11 Å². The van der Waals surface area contributed by atoms with Crippen molar-refractivity contribution < 1.29 is 18.3 Å². The molecule has 1 aliphatic carbocycles. The molecule has 94 valence electrons. The predicted octanol–water partition coefficient (Wildman–Crippen LogP) is 1.84. The molecule has 0 radical (unpaired) electrons. The van der Waals surface area contributed by atoms with Crippen molar-refractivity contribution in [3.05, 3.63) is 0 Å². The molecule has 0 aromatic heterocycles. The van der Waals surface area contributed by atoms with Gasteiger partial charge in [0.1, 0.15) is 0 Å². The van der Waals surface area contributed by atoms with Crippen molar-refractivity contribution in [1.29, 1.82) is 0 Å². The van der Waals surface area contributed by atoms with Crippen LogP contribution in [-0.2, 0) is 14.6 Å². The number of carboxylic acids is 1. The molecular weight excluding hydrogens is 228 g/mol. The summed E-state index contributed by atoms with van der Waals surface area (Å²) in [7, 11) is -3.13. The number of aliphatic carboxylic acids is 1. The van der Waals surface area contributed by atoms with Gasteiger partial charge in [0.15, 0.2) is 9.84 Å². The van der Waals surface area contributed by atoms with Gasteiger partial charge in [-0.2, -0.15) is 0 Å². The highest BCUT2D eigenvalue weighted by Crippen LogP contribution is 2.50. The Bertz CT molecular complexity index is 354. The first kappa shape index (κ1) is 13.5. The highest BCUT2D eigenvalue weighted by Gasteiger charge is 2.48. The van der Waals surface area contributed by atoms with E-state index in [4.69, 9.17) is 5.11 Å². The zero-order chi connectivity index (χ0) is 12.4. The summed E-state index contributed by atoms with van der Waals surface area (Å²) in [5.74, 6) is -0.844. The van der Waals surface area contributed by atoms with Crippen molar-refractivity contribution >= 4 is 15.8 Å². The van der Waals surface area contributed by atoms with Crippen LogP contribution in [0.1, 0.15) is 46.0 Å². The SMILES string of the molecule is CCCC(C)S(=O)(=O)CC1(CC(=O)O)CC1. The Morgan fingerprint density at radius 2 is 2.00 bits per heavy atom. The normalized spacial score (nSPS) is 20.4. The molecule has 4 nitrogen and oxygen atoms in total. The first-order valence-corrected chi connectivity index (χ1v) is 7.46. The van der Waals surface area contributed by atoms with Crippen molar-refractivity contribution in [2.45, 2.75) is 51.2 Å². The van der Waals surface area contributed by atoms with Crippen LogP contribution in [-0.4, -0.2) is 30.5 Å². The fourth-order valence-electron chi connectivity index (χ4n) is 2.02. The third kappa shape index (κ3) is 3.47. The first-order chi connectivity index (χ1) is 7.31. The lowest BCUT2D eigenvalue weighted by molar-refractivity contribution is -0.138. The quantitative estimate of drug-likeness (QED) is 0.746. The maximum absolute atomic E-state index is 12.0. The smallest absolute Gasteiger partial charge is 0.303 e. The molecule has 0 bridgehead atoms. The highest BCUT2D eigenvalue weighted by molar-refractivity contribution is 7.92. The topological polar surface area (TPSA) is 71.4 Å². The number of rotatable bonds is 7. The summed E-state index contributed by atoms with van der Waals surface area (Å²) in [6.07, 6.45) is 2.96. The standard InChI is InChI=1S/C11H20O4S/c1-3-4-9(2)16(14,15)8-11(5-6-11)7-10(12)13/h9H,3-8H2,1-2H3,(H,12,13). The Morgan fingerprint density at radius 1 is 1.44 bits per heavy atom. The lowest BCUT2D eigenvalue weighted by Gasteiger charge is -2.17. The summed E-state index contributed by atoms with van der Waals surface area (Å²) in [5, 5.41) is 8.39. The van der Waals surface area contributed by atoms with Gasteiger partial charge in [-0.15, -0.1) is 0 Å². The summed E-state index contributed by atoms with van der Waals surface area (Å²) < 4.78 is 23.9. The van der Waals surface area contributed by atoms with Gasteiger partial charge in [-0.1, -0.05) is 13.3 Å².